The van der Waals surface area contributed by atoms with Crippen molar-refractivity contribution in [3.05, 3.63) is 71.8 Å². The van der Waals surface area contributed by atoms with E-state index in [0.717, 1.165) is 38.5 Å². The number of amides is 1. The number of benzene rings is 3. The Bertz CT molecular complexity index is 1040. The molecule has 2 heterocycles. The van der Waals surface area contributed by atoms with E-state index in [1.54, 1.807) is 0 Å². The summed E-state index contributed by atoms with van der Waals surface area (Å²) in [6, 6.07) is 20.6. The molecule has 2 aliphatic heterocycles. The van der Waals surface area contributed by atoms with Crippen molar-refractivity contribution in [2.45, 2.75) is 6.54 Å². The quantitative estimate of drug-likeness (QED) is 0.747. The number of piperazine rings is 1. The van der Waals surface area contributed by atoms with Crippen LogP contribution in [0.5, 0.6) is 11.5 Å². The van der Waals surface area contributed by atoms with Gasteiger partial charge < -0.3 is 19.3 Å². The number of quaternary nitrogens is 1. The fourth-order valence-corrected chi connectivity index (χ4v) is 4.28. The molecule has 3 aromatic carbocycles. The first-order valence-electron chi connectivity index (χ1n) is 10.3. The van der Waals surface area contributed by atoms with Gasteiger partial charge >= 0.3 is 0 Å². The van der Waals surface area contributed by atoms with Crippen LogP contribution in [0.15, 0.2) is 60.7 Å². The van der Waals surface area contributed by atoms with Crippen LogP contribution in [0.3, 0.4) is 0 Å². The van der Waals surface area contributed by atoms with Crippen molar-refractivity contribution in [1.29, 1.82) is 0 Å². The van der Waals surface area contributed by atoms with Crippen LogP contribution in [0, 0.1) is 0 Å². The first kappa shape index (κ1) is 18.0. The van der Waals surface area contributed by atoms with E-state index in [0.29, 0.717) is 24.5 Å². The van der Waals surface area contributed by atoms with Crippen LogP contribution in [0.25, 0.3) is 10.8 Å². The SMILES string of the molecule is O=C(c1ccc2c(c1)OCCO2)N1CC[NH+](Cc2cccc3ccccc23)CC1. The van der Waals surface area contributed by atoms with Crippen LogP contribution in [0.4, 0.5) is 0 Å². The second kappa shape index (κ2) is 7.76. The summed E-state index contributed by atoms with van der Waals surface area (Å²) in [5, 5.41) is 2.62. The molecular weight excluding hydrogens is 364 g/mol. The van der Waals surface area contributed by atoms with Crippen molar-refractivity contribution in [2.24, 2.45) is 0 Å². The van der Waals surface area contributed by atoms with Gasteiger partial charge in [-0.3, -0.25) is 4.79 Å². The lowest BCUT2D eigenvalue weighted by atomic mass is 10.0. The third-order valence-corrected chi connectivity index (χ3v) is 5.87. The summed E-state index contributed by atoms with van der Waals surface area (Å²) in [7, 11) is 0. The van der Waals surface area contributed by atoms with Crippen LogP contribution in [-0.2, 0) is 6.54 Å². The van der Waals surface area contributed by atoms with Gasteiger partial charge in [0.15, 0.2) is 11.5 Å². The molecule has 0 unspecified atom stereocenters. The zero-order valence-corrected chi connectivity index (χ0v) is 16.4. The van der Waals surface area contributed by atoms with Gasteiger partial charge in [-0.25, -0.2) is 0 Å². The molecule has 1 amide bonds. The Morgan fingerprint density at radius 2 is 1.66 bits per heavy atom. The molecule has 0 bridgehead atoms. The highest BCUT2D eigenvalue weighted by Crippen LogP contribution is 2.31. The van der Waals surface area contributed by atoms with Crippen LogP contribution in [0.1, 0.15) is 15.9 Å². The number of rotatable bonds is 3. The Hall–Kier alpha value is -3.05. The lowest BCUT2D eigenvalue weighted by Gasteiger charge is -2.32. The van der Waals surface area contributed by atoms with Crippen molar-refractivity contribution < 1.29 is 19.2 Å². The number of fused-ring (bicyclic) bond motifs is 2. The molecule has 1 fully saturated rings. The molecule has 1 N–H and O–H groups in total. The van der Waals surface area contributed by atoms with E-state index in [2.05, 4.69) is 42.5 Å². The Morgan fingerprint density at radius 3 is 2.52 bits per heavy atom. The van der Waals surface area contributed by atoms with Crippen LogP contribution >= 0.6 is 0 Å². The minimum Gasteiger partial charge on any atom is -0.486 e. The molecule has 2 aliphatic rings. The number of hydrogen-bond acceptors (Lipinski definition) is 3. The summed E-state index contributed by atoms with van der Waals surface area (Å²) in [5.41, 5.74) is 2.05. The molecule has 0 radical (unpaired) electrons. The molecule has 0 aromatic heterocycles. The van der Waals surface area contributed by atoms with Gasteiger partial charge in [-0.1, -0.05) is 42.5 Å². The summed E-state index contributed by atoms with van der Waals surface area (Å²) >= 11 is 0. The Kier molecular flexibility index (Phi) is 4.82. The molecule has 0 saturated carbocycles. The lowest BCUT2D eigenvalue weighted by Crippen LogP contribution is -3.13. The van der Waals surface area contributed by atoms with Crippen molar-refractivity contribution >= 4 is 16.7 Å². The van der Waals surface area contributed by atoms with Gasteiger partial charge in [-0.15, -0.1) is 0 Å². The fraction of sp³-hybridized carbons (Fsp3) is 0.292. The van der Waals surface area contributed by atoms with Crippen molar-refractivity contribution in [3.8, 4) is 11.5 Å². The van der Waals surface area contributed by atoms with Gasteiger partial charge in [0.2, 0.25) is 0 Å². The summed E-state index contributed by atoms with van der Waals surface area (Å²) < 4.78 is 11.2. The highest BCUT2D eigenvalue weighted by atomic mass is 16.6. The second-order valence-electron chi connectivity index (χ2n) is 7.72. The molecule has 0 aliphatic carbocycles. The van der Waals surface area contributed by atoms with Gasteiger partial charge in [0.1, 0.15) is 19.8 Å². The summed E-state index contributed by atoms with van der Waals surface area (Å²) in [6.07, 6.45) is 0. The maximum absolute atomic E-state index is 12.9. The van der Waals surface area contributed by atoms with E-state index in [4.69, 9.17) is 9.47 Å². The van der Waals surface area contributed by atoms with Gasteiger partial charge in [-0.2, -0.15) is 0 Å². The molecule has 5 rings (SSSR count). The van der Waals surface area contributed by atoms with E-state index in [9.17, 15) is 4.79 Å². The molecular formula is C24H25N2O3+. The predicted octanol–water partition coefficient (Wildman–Crippen LogP) is 2.15. The average molecular weight is 389 g/mol. The third kappa shape index (κ3) is 3.66. The van der Waals surface area contributed by atoms with Gasteiger partial charge in [-0.05, 0) is 29.0 Å². The zero-order chi connectivity index (χ0) is 19.6. The topological polar surface area (TPSA) is 43.2 Å². The summed E-state index contributed by atoms with van der Waals surface area (Å²) in [5.74, 6) is 1.46. The fourth-order valence-electron chi connectivity index (χ4n) is 4.28. The summed E-state index contributed by atoms with van der Waals surface area (Å²) in [4.78, 5) is 16.4. The molecule has 1 saturated heterocycles. The van der Waals surface area contributed by atoms with Gasteiger partial charge in [0.05, 0.1) is 26.2 Å². The number of nitrogens with one attached hydrogen (secondary N) is 1. The average Bonchev–Trinajstić information content (AvgIpc) is 2.79. The lowest BCUT2D eigenvalue weighted by molar-refractivity contribution is -0.917. The maximum atomic E-state index is 12.9. The Morgan fingerprint density at radius 1 is 0.897 bits per heavy atom. The molecule has 0 atom stereocenters. The van der Waals surface area contributed by atoms with Crippen LogP contribution in [0.2, 0.25) is 0 Å². The second-order valence-corrected chi connectivity index (χ2v) is 7.72. The molecule has 0 spiro atoms. The van der Waals surface area contributed by atoms with E-state index >= 15 is 0 Å². The van der Waals surface area contributed by atoms with E-state index in [-0.39, 0.29) is 5.91 Å². The number of nitrogens with zero attached hydrogens (tertiary/aromatic N) is 1. The van der Waals surface area contributed by atoms with Gasteiger partial charge in [0.25, 0.3) is 5.91 Å². The zero-order valence-electron chi connectivity index (χ0n) is 16.4. The molecule has 5 heteroatoms. The molecule has 3 aromatic rings. The predicted molar refractivity (Wildman–Crippen MR) is 112 cm³/mol. The number of carbonyl (C=O) groups is 1. The minimum atomic E-state index is 0.0752. The monoisotopic (exact) mass is 389 g/mol. The first-order valence-corrected chi connectivity index (χ1v) is 10.3. The van der Waals surface area contributed by atoms with Crippen LogP contribution in [-0.4, -0.2) is 50.2 Å². The highest BCUT2D eigenvalue weighted by Gasteiger charge is 2.26. The molecule has 148 valence electrons. The Labute approximate surface area is 170 Å². The van der Waals surface area contributed by atoms with Gasteiger partial charge in [0, 0.05) is 11.1 Å². The third-order valence-electron chi connectivity index (χ3n) is 5.87. The van der Waals surface area contributed by atoms with Crippen molar-refractivity contribution in [2.75, 3.05) is 39.4 Å². The summed E-state index contributed by atoms with van der Waals surface area (Å²) in [6.45, 7) is 5.54. The van der Waals surface area contributed by atoms with Crippen LogP contribution < -0.4 is 14.4 Å². The standard InChI is InChI=1S/C24H24N2O3/c27-24(19-8-9-22-23(16-19)29-15-14-28-22)26-12-10-25(11-13-26)17-20-6-3-5-18-4-1-2-7-21(18)20/h1-9,16H,10-15,17H2/p+1. The molecule has 29 heavy (non-hydrogen) atoms. The largest absolute Gasteiger partial charge is 0.486 e. The number of carbonyl (C=O) groups excluding carboxylic acids is 1. The molecule has 5 nitrogen and oxygen atoms in total. The maximum Gasteiger partial charge on any atom is 0.254 e. The van der Waals surface area contributed by atoms with Crippen molar-refractivity contribution in [3.63, 3.8) is 0 Å². The number of hydrogen-bond donors (Lipinski definition) is 1. The van der Waals surface area contributed by atoms with Crippen molar-refractivity contribution in [1.82, 2.24) is 4.90 Å². The Balaban J connectivity index is 1.24. The number of ether oxygens (including phenoxy) is 2. The van der Waals surface area contributed by atoms with E-state index in [1.165, 1.54) is 21.2 Å². The normalized spacial score (nSPS) is 16.8. The van der Waals surface area contributed by atoms with E-state index in [1.807, 2.05) is 23.1 Å². The minimum absolute atomic E-state index is 0.0752. The first-order chi connectivity index (χ1) is 14.3. The highest BCUT2D eigenvalue weighted by molar-refractivity contribution is 5.95. The van der Waals surface area contributed by atoms with E-state index < -0.39 is 0 Å². The smallest absolute Gasteiger partial charge is 0.254 e.